The van der Waals surface area contributed by atoms with Crippen LogP contribution in [0.4, 0.5) is 0 Å². The number of nitrogens with zero attached hydrogens (tertiary/aromatic N) is 1. The summed E-state index contributed by atoms with van der Waals surface area (Å²) in [6, 6.07) is 5.71. The van der Waals surface area contributed by atoms with Gasteiger partial charge in [-0.25, -0.2) is 0 Å². The van der Waals surface area contributed by atoms with E-state index in [1.54, 1.807) is 4.88 Å². The van der Waals surface area contributed by atoms with E-state index in [1.165, 1.54) is 32.4 Å². The average molecular weight is 295 g/mol. The van der Waals surface area contributed by atoms with Crippen molar-refractivity contribution in [2.75, 3.05) is 19.6 Å². The summed E-state index contributed by atoms with van der Waals surface area (Å²) in [7, 11) is 0. The summed E-state index contributed by atoms with van der Waals surface area (Å²) in [5, 5.41) is 5.97. The Morgan fingerprint density at radius 1 is 1.45 bits per heavy atom. The molecule has 2 rings (SSSR count). The minimum Gasteiger partial charge on any atom is -0.312 e. The minimum atomic E-state index is 0.328. The third-order valence-corrected chi connectivity index (χ3v) is 5.32. The highest BCUT2D eigenvalue weighted by Gasteiger charge is 2.31. The molecule has 1 aliphatic heterocycles. The lowest BCUT2D eigenvalue weighted by Crippen LogP contribution is -2.46. The van der Waals surface area contributed by atoms with E-state index in [-0.39, 0.29) is 0 Å². The quantitative estimate of drug-likeness (QED) is 0.890. The van der Waals surface area contributed by atoms with E-state index >= 15 is 0 Å². The number of thiophene rings is 1. The maximum Gasteiger partial charge on any atom is 0.0442 e. The van der Waals surface area contributed by atoms with Crippen molar-refractivity contribution in [3.63, 3.8) is 0 Å². The molecule has 1 aromatic heterocycles. The van der Waals surface area contributed by atoms with Gasteiger partial charge in [0.15, 0.2) is 0 Å². The summed E-state index contributed by atoms with van der Waals surface area (Å²) in [5.74, 6) is 0. The van der Waals surface area contributed by atoms with Crippen molar-refractivity contribution in [3.05, 3.63) is 22.4 Å². The molecule has 3 heteroatoms. The smallest absolute Gasteiger partial charge is 0.0442 e. The van der Waals surface area contributed by atoms with Crippen molar-refractivity contribution in [2.24, 2.45) is 5.41 Å². The molecule has 0 aromatic carbocycles. The van der Waals surface area contributed by atoms with Crippen LogP contribution in [0.1, 0.15) is 57.9 Å². The molecule has 1 aromatic rings. The first kappa shape index (κ1) is 16.0. The third-order valence-electron chi connectivity index (χ3n) is 4.35. The highest BCUT2D eigenvalue weighted by molar-refractivity contribution is 7.10. The SMILES string of the molecule is CCCC(c1cccs1)N1CCCNC(C(C)(C)C)C1. The molecule has 2 atom stereocenters. The van der Waals surface area contributed by atoms with Gasteiger partial charge in [-0.05, 0) is 36.2 Å². The van der Waals surface area contributed by atoms with Crippen LogP contribution >= 0.6 is 11.3 Å². The van der Waals surface area contributed by atoms with Crippen LogP contribution in [-0.4, -0.2) is 30.6 Å². The second-order valence-corrected chi connectivity index (χ2v) is 8.02. The lowest BCUT2D eigenvalue weighted by atomic mass is 9.86. The molecule has 114 valence electrons. The second-order valence-electron chi connectivity index (χ2n) is 7.04. The Kier molecular flexibility index (Phi) is 5.65. The summed E-state index contributed by atoms with van der Waals surface area (Å²) in [4.78, 5) is 4.27. The molecule has 0 amide bonds. The molecule has 2 heterocycles. The van der Waals surface area contributed by atoms with Gasteiger partial charge in [-0.15, -0.1) is 11.3 Å². The Morgan fingerprint density at radius 3 is 2.85 bits per heavy atom. The summed E-state index contributed by atoms with van der Waals surface area (Å²) in [5.41, 5.74) is 0.328. The fourth-order valence-electron chi connectivity index (χ4n) is 3.07. The van der Waals surface area contributed by atoms with E-state index in [4.69, 9.17) is 0 Å². The summed E-state index contributed by atoms with van der Waals surface area (Å²) in [6.07, 6.45) is 3.79. The predicted molar refractivity (Wildman–Crippen MR) is 89.4 cm³/mol. The Hall–Kier alpha value is -0.380. The molecule has 1 saturated heterocycles. The van der Waals surface area contributed by atoms with Gasteiger partial charge in [-0.3, -0.25) is 4.90 Å². The van der Waals surface area contributed by atoms with Crippen LogP contribution in [0.2, 0.25) is 0 Å². The largest absolute Gasteiger partial charge is 0.312 e. The lowest BCUT2D eigenvalue weighted by Gasteiger charge is -2.37. The first-order valence-electron chi connectivity index (χ1n) is 8.03. The number of hydrogen-bond donors (Lipinski definition) is 1. The maximum atomic E-state index is 3.76. The lowest BCUT2D eigenvalue weighted by molar-refractivity contribution is 0.149. The van der Waals surface area contributed by atoms with E-state index in [0.29, 0.717) is 17.5 Å². The van der Waals surface area contributed by atoms with Crippen molar-refractivity contribution in [2.45, 2.75) is 59.0 Å². The Labute approximate surface area is 128 Å². The molecule has 0 bridgehead atoms. The highest BCUT2D eigenvalue weighted by atomic mass is 32.1. The van der Waals surface area contributed by atoms with Crippen LogP contribution in [-0.2, 0) is 0 Å². The van der Waals surface area contributed by atoms with Crippen molar-refractivity contribution < 1.29 is 0 Å². The van der Waals surface area contributed by atoms with Crippen LogP contribution < -0.4 is 5.32 Å². The van der Waals surface area contributed by atoms with Gasteiger partial charge in [0, 0.05) is 30.1 Å². The number of rotatable bonds is 4. The molecule has 0 aliphatic carbocycles. The van der Waals surface area contributed by atoms with Crippen LogP contribution in [0.15, 0.2) is 17.5 Å². The fourth-order valence-corrected chi connectivity index (χ4v) is 3.97. The minimum absolute atomic E-state index is 0.328. The zero-order valence-corrected chi connectivity index (χ0v) is 14.3. The molecule has 0 saturated carbocycles. The monoisotopic (exact) mass is 294 g/mol. The molecule has 2 nitrogen and oxygen atoms in total. The zero-order chi connectivity index (χ0) is 14.6. The van der Waals surface area contributed by atoms with Crippen LogP contribution in [0, 0.1) is 5.41 Å². The molecule has 1 fully saturated rings. The van der Waals surface area contributed by atoms with Gasteiger partial charge >= 0.3 is 0 Å². The Balaban J connectivity index is 2.14. The van der Waals surface area contributed by atoms with Crippen molar-refractivity contribution >= 4 is 11.3 Å². The summed E-state index contributed by atoms with van der Waals surface area (Å²) < 4.78 is 0. The van der Waals surface area contributed by atoms with Gasteiger partial charge in [0.2, 0.25) is 0 Å². The van der Waals surface area contributed by atoms with Crippen molar-refractivity contribution in [1.82, 2.24) is 10.2 Å². The third kappa shape index (κ3) is 4.06. The van der Waals surface area contributed by atoms with E-state index in [2.05, 4.69) is 55.4 Å². The number of hydrogen-bond acceptors (Lipinski definition) is 3. The summed E-state index contributed by atoms with van der Waals surface area (Å²) >= 11 is 1.92. The van der Waals surface area contributed by atoms with Gasteiger partial charge in [0.05, 0.1) is 0 Å². The van der Waals surface area contributed by atoms with Crippen molar-refractivity contribution in [1.29, 1.82) is 0 Å². The van der Waals surface area contributed by atoms with Gasteiger partial charge in [0.1, 0.15) is 0 Å². The molecular weight excluding hydrogens is 264 g/mol. The Bertz CT molecular complexity index is 380. The molecule has 2 unspecified atom stereocenters. The predicted octanol–water partition coefficient (Wildman–Crippen LogP) is 4.30. The fraction of sp³-hybridized carbons (Fsp3) is 0.765. The Morgan fingerprint density at radius 2 is 2.25 bits per heavy atom. The van der Waals surface area contributed by atoms with Crippen LogP contribution in [0.25, 0.3) is 0 Å². The molecule has 0 radical (unpaired) electrons. The van der Waals surface area contributed by atoms with Crippen molar-refractivity contribution in [3.8, 4) is 0 Å². The van der Waals surface area contributed by atoms with E-state index in [1.807, 2.05) is 11.3 Å². The standard InChI is InChI=1S/C17H30N2S/c1-5-8-14(15-9-6-12-20-15)19-11-7-10-18-16(13-19)17(2,3)4/h6,9,12,14,16,18H,5,7-8,10-11,13H2,1-4H3. The van der Waals surface area contributed by atoms with Gasteiger partial charge in [-0.2, -0.15) is 0 Å². The first-order valence-corrected chi connectivity index (χ1v) is 8.91. The molecule has 1 aliphatic rings. The highest BCUT2D eigenvalue weighted by Crippen LogP contribution is 2.32. The normalized spacial score (nSPS) is 23.5. The molecule has 0 spiro atoms. The van der Waals surface area contributed by atoms with E-state index in [0.717, 1.165) is 6.54 Å². The number of nitrogens with one attached hydrogen (secondary N) is 1. The van der Waals surface area contributed by atoms with E-state index < -0.39 is 0 Å². The zero-order valence-electron chi connectivity index (χ0n) is 13.5. The van der Waals surface area contributed by atoms with Gasteiger partial charge in [-0.1, -0.05) is 40.2 Å². The first-order chi connectivity index (χ1) is 9.52. The molecular formula is C17H30N2S. The topological polar surface area (TPSA) is 15.3 Å². The summed E-state index contributed by atoms with van der Waals surface area (Å²) in [6.45, 7) is 12.9. The van der Waals surface area contributed by atoms with Gasteiger partial charge < -0.3 is 5.32 Å². The second kappa shape index (κ2) is 7.06. The van der Waals surface area contributed by atoms with E-state index in [9.17, 15) is 0 Å². The van der Waals surface area contributed by atoms with Crippen LogP contribution in [0.5, 0.6) is 0 Å². The maximum absolute atomic E-state index is 3.76. The molecule has 20 heavy (non-hydrogen) atoms. The van der Waals surface area contributed by atoms with Crippen LogP contribution in [0.3, 0.4) is 0 Å². The van der Waals surface area contributed by atoms with Gasteiger partial charge in [0.25, 0.3) is 0 Å². The molecule has 1 N–H and O–H groups in total. The average Bonchev–Trinajstić information content (AvgIpc) is 2.78.